The number of fused-ring (bicyclic) bond motifs is 15. The number of benzene rings is 10. The lowest BCUT2D eigenvalue weighted by Gasteiger charge is -2.34. The minimum absolute atomic E-state index is 0.0187. The SMILES string of the molecule is CCCCCCC1(CCCCCC)c2ccccc2-c2ccc(-c3ccc4c(c3)C(CCCCCC)(CCCCCC)c3cc(-c5ccc6c(c5)S(=O)(=O)c5cc(-c7ccc8c(c7)C(CCCCCC)(CCCCCC)c7cc(-c9ccc%10c(c9)C(CCCCCC)(CCCCCC)c9ccccc9-%10)ccc7-8)ccc5-6)ccc3-4)cc21. The summed E-state index contributed by atoms with van der Waals surface area (Å²) in [4.78, 5) is 0.852. The van der Waals surface area contributed by atoms with Crippen molar-refractivity contribution in [1.29, 1.82) is 0 Å². The minimum Gasteiger partial charge on any atom is -0.218 e. The molecule has 0 N–H and O–H groups in total. The van der Waals surface area contributed by atoms with E-state index in [1.54, 1.807) is 22.3 Å². The number of rotatable bonds is 44. The van der Waals surface area contributed by atoms with E-state index in [4.69, 9.17) is 0 Å². The number of hydrogen-bond acceptors (Lipinski definition) is 2. The van der Waals surface area contributed by atoms with Crippen LogP contribution in [0, 0.1) is 0 Å². The van der Waals surface area contributed by atoms with Crippen molar-refractivity contribution >= 4 is 9.84 Å². The maximum Gasteiger partial charge on any atom is 0.207 e. The van der Waals surface area contributed by atoms with Crippen molar-refractivity contribution < 1.29 is 8.42 Å². The Bertz CT molecular complexity index is 4790. The van der Waals surface area contributed by atoms with E-state index in [9.17, 15) is 0 Å². The third-order valence-electron chi connectivity index (χ3n) is 29.1. The predicted octanol–water partition coefficient (Wildman–Crippen LogP) is 34.0. The van der Waals surface area contributed by atoms with E-state index in [-0.39, 0.29) is 21.7 Å². The Labute approximate surface area is 696 Å². The summed E-state index contributed by atoms with van der Waals surface area (Å²) in [6.07, 6.45) is 49.0. The lowest BCUT2D eigenvalue weighted by atomic mass is 9.69. The van der Waals surface area contributed by atoms with Crippen molar-refractivity contribution in [2.75, 3.05) is 0 Å². The van der Waals surface area contributed by atoms with Crippen molar-refractivity contribution in [1.82, 2.24) is 0 Å². The van der Waals surface area contributed by atoms with Crippen molar-refractivity contribution in [2.45, 2.75) is 344 Å². The van der Waals surface area contributed by atoms with Crippen LogP contribution in [-0.2, 0) is 31.5 Å². The molecule has 1 aliphatic heterocycles. The highest BCUT2D eigenvalue weighted by atomic mass is 32.2. The maximum atomic E-state index is 15.7. The van der Waals surface area contributed by atoms with Gasteiger partial charge in [0.2, 0.25) is 9.84 Å². The second kappa shape index (κ2) is 37.0. The molecule has 15 rings (SSSR count). The molecule has 602 valence electrons. The van der Waals surface area contributed by atoms with Gasteiger partial charge in [-0.2, -0.15) is 0 Å². The average Bonchev–Trinajstić information content (AvgIpc) is 1.56. The molecule has 0 amide bonds. The average molecular weight is 1550 g/mol. The molecule has 10 aromatic carbocycles. The Balaban J connectivity index is 0.768. The summed E-state index contributed by atoms with van der Waals surface area (Å²) in [5.41, 5.74) is 34.1. The Kier molecular flexibility index (Phi) is 26.5. The quantitative estimate of drug-likeness (QED) is 0.0357. The van der Waals surface area contributed by atoms with E-state index in [0.29, 0.717) is 9.79 Å². The highest BCUT2D eigenvalue weighted by molar-refractivity contribution is 7.92. The molecule has 0 fully saturated rings. The zero-order chi connectivity index (χ0) is 79.6. The highest BCUT2D eigenvalue weighted by Crippen LogP contribution is 2.62. The normalized spacial score (nSPS) is 15.2. The summed E-state index contributed by atoms with van der Waals surface area (Å²) >= 11 is 0. The molecule has 0 saturated heterocycles. The molecule has 2 nitrogen and oxygen atoms in total. The van der Waals surface area contributed by atoms with Crippen LogP contribution in [-0.4, -0.2) is 8.42 Å². The van der Waals surface area contributed by atoms with Crippen LogP contribution < -0.4 is 0 Å². The molecule has 4 aliphatic carbocycles. The molecule has 3 heteroatoms. The summed E-state index contributed by atoms with van der Waals surface area (Å²) in [6.45, 7) is 18.7. The second-order valence-electron chi connectivity index (χ2n) is 36.4. The van der Waals surface area contributed by atoms with Crippen molar-refractivity contribution in [2.24, 2.45) is 0 Å². The monoisotopic (exact) mass is 1550 g/mol. The van der Waals surface area contributed by atoms with Gasteiger partial charge in [0, 0.05) is 32.8 Å². The van der Waals surface area contributed by atoms with Gasteiger partial charge in [0.15, 0.2) is 0 Å². The van der Waals surface area contributed by atoms with E-state index in [2.05, 4.69) is 237 Å². The summed E-state index contributed by atoms with van der Waals surface area (Å²) in [7, 11) is -3.90. The minimum atomic E-state index is -3.90. The van der Waals surface area contributed by atoms with Crippen LogP contribution in [0.3, 0.4) is 0 Å². The van der Waals surface area contributed by atoms with Crippen molar-refractivity contribution in [3.8, 4) is 100 Å². The Morgan fingerprint density at radius 3 is 0.565 bits per heavy atom. The van der Waals surface area contributed by atoms with E-state index in [1.807, 2.05) is 12.1 Å². The van der Waals surface area contributed by atoms with Gasteiger partial charge in [-0.3, -0.25) is 0 Å². The first-order valence-corrected chi connectivity index (χ1v) is 48.5. The van der Waals surface area contributed by atoms with Crippen LogP contribution in [0.5, 0.6) is 0 Å². The number of unbranched alkanes of at least 4 members (excludes halogenated alkanes) is 24. The topological polar surface area (TPSA) is 34.1 Å². The maximum absolute atomic E-state index is 15.7. The fourth-order valence-corrected chi connectivity index (χ4v) is 24.6. The van der Waals surface area contributed by atoms with Gasteiger partial charge < -0.3 is 0 Å². The molecular weight excluding hydrogens is 1410 g/mol. The molecule has 5 aliphatic rings. The molecular formula is C112H136O2S. The number of hydrogen-bond donors (Lipinski definition) is 0. The standard InChI is InChI=1S/C112H136O2S/c1-9-17-25-37-65-109(66-38-26-18-10-2)99-47-35-33-45-89(99)91-57-49-81(73-101(91)109)83-51-59-93-95-61-53-85(77-105(95)111(103(93)75-83,69-41-29-21-13-5)70-42-30-22-14-6)87-55-63-97-98-64-56-88(80-108(98)115(113,114)107(97)79-87)86-54-62-96-94-60-52-84(76-104(94)112(106(96)78-86,71-43-31-23-15-7)72-44-32-24-16-8)82-50-58-92-90-46-34-36-48-100(90)110(102(92)74-82,67-39-27-19-11-3)68-40-28-20-12-4/h33-36,45-64,73-80H,9-32,37-44,65-72H2,1-8H3. The first-order valence-electron chi connectivity index (χ1n) is 47.0. The largest absolute Gasteiger partial charge is 0.218 e. The van der Waals surface area contributed by atoms with Crippen LogP contribution in [0.15, 0.2) is 204 Å². The van der Waals surface area contributed by atoms with Gasteiger partial charge in [0.25, 0.3) is 0 Å². The van der Waals surface area contributed by atoms with Gasteiger partial charge in [-0.05, 0) is 233 Å². The molecule has 0 spiro atoms. The van der Waals surface area contributed by atoms with Crippen LogP contribution in [0.2, 0.25) is 0 Å². The number of sulfone groups is 1. The van der Waals surface area contributed by atoms with Gasteiger partial charge in [-0.25, -0.2) is 8.42 Å². The van der Waals surface area contributed by atoms with E-state index in [1.165, 1.54) is 320 Å². The van der Waals surface area contributed by atoms with Gasteiger partial charge in [0.1, 0.15) is 0 Å². The molecule has 0 unspecified atom stereocenters. The van der Waals surface area contributed by atoms with E-state index in [0.717, 1.165) is 59.1 Å². The zero-order valence-electron chi connectivity index (χ0n) is 72.0. The molecule has 0 saturated carbocycles. The van der Waals surface area contributed by atoms with E-state index >= 15 is 8.42 Å². The van der Waals surface area contributed by atoms with E-state index < -0.39 is 9.84 Å². The van der Waals surface area contributed by atoms with Crippen LogP contribution >= 0.6 is 0 Å². The molecule has 1 heterocycles. The van der Waals surface area contributed by atoms with Crippen molar-refractivity contribution in [3.63, 3.8) is 0 Å². The summed E-state index contributed by atoms with van der Waals surface area (Å²) in [5.74, 6) is 0. The third kappa shape index (κ3) is 15.8. The zero-order valence-corrected chi connectivity index (χ0v) is 72.8. The van der Waals surface area contributed by atoms with Crippen LogP contribution in [0.4, 0.5) is 0 Å². The fraction of sp³-hybridized carbons (Fsp3) is 0.464. The summed E-state index contributed by atoms with van der Waals surface area (Å²) in [6, 6.07) is 76.5. The fourth-order valence-electron chi connectivity index (χ4n) is 22.9. The molecule has 0 radical (unpaired) electrons. The van der Waals surface area contributed by atoms with Gasteiger partial charge in [-0.1, -0.05) is 406 Å². The van der Waals surface area contributed by atoms with Crippen molar-refractivity contribution in [3.05, 3.63) is 239 Å². The molecule has 0 aromatic heterocycles. The summed E-state index contributed by atoms with van der Waals surface area (Å²) < 4.78 is 31.4. The molecule has 115 heavy (non-hydrogen) atoms. The first kappa shape index (κ1) is 82.3. The predicted molar refractivity (Wildman–Crippen MR) is 494 cm³/mol. The Morgan fingerprint density at radius 1 is 0.183 bits per heavy atom. The summed E-state index contributed by atoms with van der Waals surface area (Å²) in [5, 5.41) is 0. The van der Waals surface area contributed by atoms with Gasteiger partial charge in [0.05, 0.1) is 9.79 Å². The third-order valence-corrected chi connectivity index (χ3v) is 30.9. The van der Waals surface area contributed by atoms with Gasteiger partial charge >= 0.3 is 0 Å². The second-order valence-corrected chi connectivity index (χ2v) is 38.3. The highest BCUT2D eigenvalue weighted by Gasteiger charge is 2.48. The first-order chi connectivity index (χ1) is 56.4. The molecule has 0 bridgehead atoms. The molecule has 10 aromatic rings. The Hall–Kier alpha value is -7.85. The lowest BCUT2D eigenvalue weighted by molar-refractivity contribution is 0.401. The van der Waals surface area contributed by atoms with Crippen LogP contribution in [0.25, 0.3) is 100 Å². The van der Waals surface area contributed by atoms with Crippen LogP contribution in [0.1, 0.15) is 357 Å². The Morgan fingerprint density at radius 2 is 0.357 bits per heavy atom. The van der Waals surface area contributed by atoms with Gasteiger partial charge in [-0.15, -0.1) is 0 Å². The smallest absolute Gasteiger partial charge is 0.207 e. The lowest BCUT2D eigenvalue weighted by Crippen LogP contribution is -2.26. The molecule has 0 atom stereocenters.